The maximum absolute atomic E-state index is 13.3. The minimum Gasteiger partial charge on any atom is -0.481 e. The Balaban J connectivity index is 1.49. The van der Waals surface area contributed by atoms with E-state index in [1.54, 1.807) is 0 Å². The fraction of sp³-hybridized carbons (Fsp3) is 0.640. The van der Waals surface area contributed by atoms with E-state index >= 15 is 0 Å². The lowest BCUT2D eigenvalue weighted by molar-refractivity contribution is -0.152. The number of anilines is 1. The van der Waals surface area contributed by atoms with Gasteiger partial charge in [0.25, 0.3) is 0 Å². The molecule has 1 saturated heterocycles. The molecule has 3 fully saturated rings. The van der Waals surface area contributed by atoms with Gasteiger partial charge in [0.15, 0.2) is 0 Å². The molecule has 0 aromatic heterocycles. The second-order valence-corrected chi connectivity index (χ2v) is 9.65. The number of aliphatic carboxylic acids is 1. The number of carbonyl (C=O) groups excluding carboxylic acids is 1. The number of fused-ring (bicyclic) bond motifs is 1. The van der Waals surface area contributed by atoms with E-state index in [0.717, 1.165) is 43.4 Å². The van der Waals surface area contributed by atoms with E-state index in [4.69, 9.17) is 5.41 Å². The smallest absolute Gasteiger partial charge is 0.306 e. The molecule has 2 saturated carbocycles. The van der Waals surface area contributed by atoms with Crippen LogP contribution in [-0.4, -0.2) is 47.2 Å². The summed E-state index contributed by atoms with van der Waals surface area (Å²) in [5, 5.41) is 21.8. The SMILES string of the molecule is CNc1cccc(C2CC2)c1C(=N)C(C)CC(=O)N1CCCC2C(C(=O)O)CCCC21. The van der Waals surface area contributed by atoms with Crippen molar-refractivity contribution in [2.75, 3.05) is 18.9 Å². The number of nitrogens with zero attached hydrogens (tertiary/aromatic N) is 1. The Morgan fingerprint density at radius 3 is 2.65 bits per heavy atom. The largest absolute Gasteiger partial charge is 0.481 e. The van der Waals surface area contributed by atoms with Crippen LogP contribution < -0.4 is 5.32 Å². The quantitative estimate of drug-likeness (QED) is 0.561. The molecule has 6 heteroatoms. The van der Waals surface area contributed by atoms with Crippen molar-refractivity contribution in [3.63, 3.8) is 0 Å². The number of carboxylic acids is 1. The molecule has 4 atom stereocenters. The predicted octanol–water partition coefficient (Wildman–Crippen LogP) is 4.49. The summed E-state index contributed by atoms with van der Waals surface area (Å²) in [4.78, 5) is 27.0. The summed E-state index contributed by atoms with van der Waals surface area (Å²) in [7, 11) is 1.88. The van der Waals surface area contributed by atoms with Crippen molar-refractivity contribution < 1.29 is 14.7 Å². The van der Waals surface area contributed by atoms with Gasteiger partial charge < -0.3 is 20.7 Å². The molecule has 1 aromatic carbocycles. The van der Waals surface area contributed by atoms with Crippen LogP contribution >= 0.6 is 0 Å². The summed E-state index contributed by atoms with van der Waals surface area (Å²) >= 11 is 0. The van der Waals surface area contributed by atoms with E-state index in [9.17, 15) is 14.7 Å². The Labute approximate surface area is 184 Å². The average Bonchev–Trinajstić information content (AvgIpc) is 3.62. The van der Waals surface area contributed by atoms with Gasteiger partial charge >= 0.3 is 5.97 Å². The molecule has 3 aliphatic rings. The summed E-state index contributed by atoms with van der Waals surface area (Å²) in [6, 6.07) is 6.22. The van der Waals surface area contributed by atoms with E-state index in [1.807, 2.05) is 31.0 Å². The van der Waals surface area contributed by atoms with Gasteiger partial charge in [0.2, 0.25) is 5.91 Å². The van der Waals surface area contributed by atoms with Crippen LogP contribution in [0, 0.1) is 23.2 Å². The normalized spacial score (nSPS) is 26.6. The fourth-order valence-electron chi connectivity index (χ4n) is 5.84. The topological polar surface area (TPSA) is 93.5 Å². The first-order chi connectivity index (χ1) is 14.9. The number of carbonyl (C=O) groups is 2. The molecule has 1 aliphatic heterocycles. The zero-order chi connectivity index (χ0) is 22.1. The molecule has 2 aliphatic carbocycles. The second-order valence-electron chi connectivity index (χ2n) is 9.65. The molecule has 3 N–H and O–H groups in total. The van der Waals surface area contributed by atoms with E-state index < -0.39 is 5.97 Å². The van der Waals surface area contributed by atoms with Crippen LogP contribution in [0.15, 0.2) is 18.2 Å². The van der Waals surface area contributed by atoms with Crippen LogP contribution in [0.5, 0.6) is 0 Å². The fourth-order valence-corrected chi connectivity index (χ4v) is 5.84. The maximum atomic E-state index is 13.3. The van der Waals surface area contributed by atoms with Gasteiger partial charge in [0, 0.05) is 48.9 Å². The highest BCUT2D eigenvalue weighted by molar-refractivity contribution is 6.07. The summed E-state index contributed by atoms with van der Waals surface area (Å²) in [6.45, 7) is 2.69. The molecule has 0 bridgehead atoms. The van der Waals surface area contributed by atoms with Gasteiger partial charge in [-0.15, -0.1) is 0 Å². The summed E-state index contributed by atoms with van der Waals surface area (Å²) in [5.74, 6) is -0.537. The Bertz CT molecular complexity index is 864. The lowest BCUT2D eigenvalue weighted by atomic mass is 9.71. The number of piperidine rings is 1. The van der Waals surface area contributed by atoms with Crippen molar-refractivity contribution in [2.45, 2.75) is 70.3 Å². The molecule has 1 aromatic rings. The van der Waals surface area contributed by atoms with Gasteiger partial charge in [-0.25, -0.2) is 0 Å². The molecular formula is C25H35N3O3. The van der Waals surface area contributed by atoms with Gasteiger partial charge in [-0.3, -0.25) is 9.59 Å². The second kappa shape index (κ2) is 9.01. The van der Waals surface area contributed by atoms with E-state index in [0.29, 0.717) is 24.6 Å². The number of rotatable bonds is 7. The summed E-state index contributed by atoms with van der Waals surface area (Å²) in [6.07, 6.45) is 6.92. The number of hydrogen-bond acceptors (Lipinski definition) is 4. The molecule has 0 spiro atoms. The minimum atomic E-state index is -0.713. The molecule has 31 heavy (non-hydrogen) atoms. The standard InChI is InChI=1S/C25H35N3O3/c1-15(24(26)23-17(16-11-12-16)6-3-9-20(23)27-2)14-22(29)28-13-5-8-18-19(25(30)31)7-4-10-21(18)28/h3,6,9,15-16,18-19,21,26-27H,4-5,7-8,10-14H2,1-2H3,(H,30,31). The van der Waals surface area contributed by atoms with Crippen molar-refractivity contribution in [1.29, 1.82) is 5.41 Å². The van der Waals surface area contributed by atoms with Crippen molar-refractivity contribution >= 4 is 23.3 Å². The Kier molecular flexibility index (Phi) is 6.35. The van der Waals surface area contributed by atoms with Gasteiger partial charge in [-0.2, -0.15) is 0 Å². The van der Waals surface area contributed by atoms with Crippen molar-refractivity contribution in [2.24, 2.45) is 17.8 Å². The van der Waals surface area contributed by atoms with Gasteiger partial charge in [0.1, 0.15) is 0 Å². The van der Waals surface area contributed by atoms with E-state index in [1.165, 1.54) is 18.4 Å². The van der Waals surface area contributed by atoms with Crippen LogP contribution in [0.2, 0.25) is 0 Å². The molecule has 0 radical (unpaired) electrons. The third-order valence-corrected chi connectivity index (χ3v) is 7.63. The van der Waals surface area contributed by atoms with E-state index in [2.05, 4.69) is 11.4 Å². The van der Waals surface area contributed by atoms with E-state index in [-0.39, 0.29) is 29.7 Å². The molecule has 4 unspecified atom stereocenters. The molecule has 6 nitrogen and oxygen atoms in total. The highest BCUT2D eigenvalue weighted by atomic mass is 16.4. The number of benzene rings is 1. The van der Waals surface area contributed by atoms with Crippen LogP contribution in [0.4, 0.5) is 5.69 Å². The third kappa shape index (κ3) is 4.35. The first-order valence-corrected chi connectivity index (χ1v) is 11.8. The molecule has 168 valence electrons. The molecule has 4 rings (SSSR count). The summed E-state index contributed by atoms with van der Waals surface area (Å²) < 4.78 is 0. The Morgan fingerprint density at radius 2 is 1.97 bits per heavy atom. The van der Waals surface area contributed by atoms with Crippen LogP contribution in [0.1, 0.15) is 75.3 Å². The van der Waals surface area contributed by atoms with Gasteiger partial charge in [0.05, 0.1) is 5.92 Å². The average molecular weight is 426 g/mol. The molecule has 1 heterocycles. The zero-order valence-electron chi connectivity index (χ0n) is 18.7. The first-order valence-electron chi connectivity index (χ1n) is 11.8. The van der Waals surface area contributed by atoms with Crippen LogP contribution in [-0.2, 0) is 9.59 Å². The predicted molar refractivity (Wildman–Crippen MR) is 122 cm³/mol. The monoisotopic (exact) mass is 425 g/mol. The van der Waals surface area contributed by atoms with Crippen molar-refractivity contribution in [1.82, 2.24) is 4.90 Å². The number of amides is 1. The molecular weight excluding hydrogens is 390 g/mol. The summed E-state index contributed by atoms with van der Waals surface area (Å²) in [5.41, 5.74) is 3.68. The number of nitrogens with one attached hydrogen (secondary N) is 2. The number of hydrogen-bond donors (Lipinski definition) is 3. The highest BCUT2D eigenvalue weighted by Gasteiger charge is 2.43. The number of carboxylic acid groups (broad SMARTS) is 1. The van der Waals surface area contributed by atoms with Crippen molar-refractivity contribution in [3.05, 3.63) is 29.3 Å². The zero-order valence-corrected chi connectivity index (χ0v) is 18.7. The van der Waals surface area contributed by atoms with Crippen molar-refractivity contribution in [3.8, 4) is 0 Å². The highest BCUT2D eigenvalue weighted by Crippen LogP contribution is 2.44. The number of likely N-dealkylation sites (tertiary alicyclic amines) is 1. The van der Waals surface area contributed by atoms with Gasteiger partial charge in [-0.1, -0.05) is 25.5 Å². The lowest BCUT2D eigenvalue weighted by Gasteiger charge is -2.46. The lowest BCUT2D eigenvalue weighted by Crippen LogP contribution is -2.53. The molecule has 1 amide bonds. The third-order valence-electron chi connectivity index (χ3n) is 7.63. The van der Waals surface area contributed by atoms with Crippen LogP contribution in [0.25, 0.3) is 0 Å². The van der Waals surface area contributed by atoms with Gasteiger partial charge in [-0.05, 0) is 62.0 Å². The van der Waals surface area contributed by atoms with Crippen LogP contribution in [0.3, 0.4) is 0 Å². The maximum Gasteiger partial charge on any atom is 0.306 e. The Hall–Kier alpha value is -2.37. The minimum absolute atomic E-state index is 0.0455. The first kappa shape index (κ1) is 21.8. The Morgan fingerprint density at radius 1 is 1.19 bits per heavy atom.